The third kappa shape index (κ3) is 3.55. The molecule has 3 rings (SSSR count). The maximum atomic E-state index is 12.1. The summed E-state index contributed by atoms with van der Waals surface area (Å²) in [5.74, 6) is 1.91. The molecule has 0 spiro atoms. The summed E-state index contributed by atoms with van der Waals surface area (Å²) in [7, 11) is 0. The lowest BCUT2D eigenvalue weighted by atomic mass is 10.1. The van der Waals surface area contributed by atoms with E-state index in [0.717, 1.165) is 40.8 Å². The number of rotatable bonds is 5. The van der Waals surface area contributed by atoms with Crippen molar-refractivity contribution in [2.24, 2.45) is 0 Å². The van der Waals surface area contributed by atoms with Crippen molar-refractivity contribution in [3.63, 3.8) is 0 Å². The fraction of sp³-hybridized carbons (Fsp3) is 0.500. The summed E-state index contributed by atoms with van der Waals surface area (Å²) in [6.07, 6.45) is 1.03. The molecule has 1 aromatic carbocycles. The van der Waals surface area contributed by atoms with E-state index in [2.05, 4.69) is 10.6 Å². The zero-order valence-electron chi connectivity index (χ0n) is 13.2. The van der Waals surface area contributed by atoms with Crippen LogP contribution >= 0.6 is 11.8 Å². The van der Waals surface area contributed by atoms with Gasteiger partial charge in [-0.3, -0.25) is 9.59 Å². The first-order valence-corrected chi connectivity index (χ1v) is 8.71. The Morgan fingerprint density at radius 3 is 3.04 bits per heavy atom. The second kappa shape index (κ2) is 6.70. The minimum Gasteiger partial charge on any atom is -0.494 e. The summed E-state index contributed by atoms with van der Waals surface area (Å²) in [6, 6.07) is 3.47. The molecule has 2 atom stereocenters. The molecule has 1 aromatic rings. The van der Waals surface area contributed by atoms with Crippen LogP contribution in [0.4, 0.5) is 4.79 Å². The van der Waals surface area contributed by atoms with Gasteiger partial charge in [0, 0.05) is 29.8 Å². The number of nitrogens with one attached hydrogen (secondary N) is 2. The van der Waals surface area contributed by atoms with Crippen LogP contribution in [0.2, 0.25) is 0 Å². The summed E-state index contributed by atoms with van der Waals surface area (Å²) in [5.41, 5.74) is 2.01. The highest BCUT2D eigenvalue weighted by atomic mass is 32.2. The van der Waals surface area contributed by atoms with E-state index >= 15 is 0 Å². The number of hydrogen-bond acceptors (Lipinski definition) is 5. The van der Waals surface area contributed by atoms with Crippen molar-refractivity contribution in [3.8, 4) is 11.5 Å². The van der Waals surface area contributed by atoms with Crippen molar-refractivity contribution in [3.05, 3.63) is 23.3 Å². The van der Waals surface area contributed by atoms with Crippen LogP contribution in [0.5, 0.6) is 11.5 Å². The van der Waals surface area contributed by atoms with Crippen LogP contribution in [0.1, 0.15) is 25.0 Å². The van der Waals surface area contributed by atoms with E-state index in [1.807, 2.05) is 26.0 Å². The summed E-state index contributed by atoms with van der Waals surface area (Å²) in [5, 5.41) is 5.34. The zero-order valence-corrected chi connectivity index (χ0v) is 14.0. The monoisotopic (exact) mass is 336 g/mol. The zero-order chi connectivity index (χ0) is 16.4. The first kappa shape index (κ1) is 16.0. The standard InChI is InChI=1S/C16H20N2O4S/c1-3-21-13-5-10-4-9(2)22-14(10)6-11(13)7-17-15(19)12-8-23-16(20)18-12/h5-6,9,12H,3-4,7-8H2,1-2H3,(H,17,19)(H,18,20)/t9-,12-/m0/s1. The molecule has 124 valence electrons. The SMILES string of the molecule is CCOc1cc2c(cc1CNC(=O)[C@@H]1CSC(=O)N1)O[C@@H](C)C2. The van der Waals surface area contributed by atoms with E-state index < -0.39 is 6.04 Å². The Labute approximate surface area is 139 Å². The molecule has 0 radical (unpaired) electrons. The summed E-state index contributed by atoms with van der Waals surface area (Å²) in [6.45, 7) is 4.87. The molecule has 0 unspecified atom stereocenters. The highest BCUT2D eigenvalue weighted by Gasteiger charge is 2.28. The maximum Gasteiger partial charge on any atom is 0.279 e. The van der Waals surface area contributed by atoms with E-state index in [1.165, 1.54) is 0 Å². The average Bonchev–Trinajstić information content (AvgIpc) is 3.09. The molecule has 2 heterocycles. The van der Waals surface area contributed by atoms with Crippen LogP contribution in [-0.4, -0.2) is 35.7 Å². The summed E-state index contributed by atoms with van der Waals surface area (Å²) < 4.78 is 11.5. The van der Waals surface area contributed by atoms with E-state index in [9.17, 15) is 9.59 Å². The third-order valence-electron chi connectivity index (χ3n) is 3.82. The number of fused-ring (bicyclic) bond motifs is 1. The molecule has 2 aliphatic heterocycles. The minimum absolute atomic E-state index is 0.153. The first-order valence-electron chi connectivity index (χ1n) is 7.73. The number of benzene rings is 1. The predicted molar refractivity (Wildman–Crippen MR) is 88.0 cm³/mol. The van der Waals surface area contributed by atoms with Crippen molar-refractivity contribution >= 4 is 22.9 Å². The molecular formula is C16H20N2O4S. The first-order chi connectivity index (χ1) is 11.1. The van der Waals surface area contributed by atoms with Gasteiger partial charge in [-0.05, 0) is 26.0 Å². The van der Waals surface area contributed by atoms with Gasteiger partial charge in [0.15, 0.2) is 0 Å². The minimum atomic E-state index is -0.464. The molecule has 2 N–H and O–H groups in total. The molecule has 0 aliphatic carbocycles. The van der Waals surface area contributed by atoms with Gasteiger partial charge in [0.2, 0.25) is 5.91 Å². The fourth-order valence-electron chi connectivity index (χ4n) is 2.74. The van der Waals surface area contributed by atoms with Crippen LogP contribution in [0.3, 0.4) is 0 Å². The predicted octanol–water partition coefficient (Wildman–Crippen LogP) is 1.85. The Hall–Kier alpha value is -1.89. The Kier molecular flexibility index (Phi) is 4.66. The molecule has 2 aliphatic rings. The van der Waals surface area contributed by atoms with Gasteiger partial charge in [-0.15, -0.1) is 0 Å². The molecule has 2 amide bonds. The van der Waals surface area contributed by atoms with Gasteiger partial charge in [0.25, 0.3) is 5.24 Å². The van der Waals surface area contributed by atoms with Gasteiger partial charge in [-0.1, -0.05) is 11.8 Å². The topological polar surface area (TPSA) is 76.7 Å². The molecule has 23 heavy (non-hydrogen) atoms. The van der Waals surface area contributed by atoms with Crippen LogP contribution in [0, 0.1) is 0 Å². The number of amides is 2. The smallest absolute Gasteiger partial charge is 0.279 e. The number of ether oxygens (including phenoxy) is 2. The fourth-order valence-corrected chi connectivity index (χ4v) is 3.52. The van der Waals surface area contributed by atoms with Gasteiger partial charge in [0.05, 0.1) is 6.61 Å². The average molecular weight is 336 g/mol. The van der Waals surface area contributed by atoms with E-state index in [0.29, 0.717) is 18.9 Å². The summed E-state index contributed by atoms with van der Waals surface area (Å²) in [4.78, 5) is 23.3. The molecule has 6 nitrogen and oxygen atoms in total. The quantitative estimate of drug-likeness (QED) is 0.858. The maximum absolute atomic E-state index is 12.1. The molecule has 1 fully saturated rings. The van der Waals surface area contributed by atoms with E-state index in [4.69, 9.17) is 9.47 Å². The highest BCUT2D eigenvalue weighted by molar-refractivity contribution is 8.14. The van der Waals surface area contributed by atoms with Crippen molar-refractivity contribution in [1.82, 2.24) is 10.6 Å². The molecular weight excluding hydrogens is 316 g/mol. The van der Waals surface area contributed by atoms with Crippen molar-refractivity contribution in [1.29, 1.82) is 0 Å². The third-order valence-corrected chi connectivity index (χ3v) is 4.70. The molecule has 0 bridgehead atoms. The largest absolute Gasteiger partial charge is 0.494 e. The van der Waals surface area contributed by atoms with Crippen LogP contribution in [-0.2, 0) is 17.8 Å². The lowest BCUT2D eigenvalue weighted by Gasteiger charge is -2.15. The Bertz CT molecular complexity index is 635. The lowest BCUT2D eigenvalue weighted by molar-refractivity contribution is -0.122. The van der Waals surface area contributed by atoms with Gasteiger partial charge < -0.3 is 20.1 Å². The summed E-state index contributed by atoms with van der Waals surface area (Å²) >= 11 is 1.13. The van der Waals surface area contributed by atoms with Crippen LogP contribution in [0.15, 0.2) is 12.1 Å². The second-order valence-electron chi connectivity index (χ2n) is 5.65. The second-order valence-corrected chi connectivity index (χ2v) is 6.64. The number of carbonyl (C=O) groups excluding carboxylic acids is 2. The van der Waals surface area contributed by atoms with Crippen molar-refractivity contribution in [2.75, 3.05) is 12.4 Å². The highest BCUT2D eigenvalue weighted by Crippen LogP contribution is 2.35. The molecule has 0 saturated carbocycles. The van der Waals surface area contributed by atoms with E-state index in [1.54, 1.807) is 0 Å². The number of thioether (sulfide) groups is 1. The van der Waals surface area contributed by atoms with Gasteiger partial charge in [-0.25, -0.2) is 0 Å². The van der Waals surface area contributed by atoms with Crippen molar-refractivity contribution in [2.45, 2.75) is 39.0 Å². The number of carbonyl (C=O) groups is 2. The molecule has 1 saturated heterocycles. The normalized spacial score (nSPS) is 22.3. The van der Waals surface area contributed by atoms with Gasteiger partial charge in [-0.2, -0.15) is 0 Å². The van der Waals surface area contributed by atoms with Crippen molar-refractivity contribution < 1.29 is 19.1 Å². The van der Waals surface area contributed by atoms with Gasteiger partial charge >= 0.3 is 0 Å². The Morgan fingerprint density at radius 1 is 1.52 bits per heavy atom. The lowest BCUT2D eigenvalue weighted by Crippen LogP contribution is -2.42. The van der Waals surface area contributed by atoms with Gasteiger partial charge in [0.1, 0.15) is 23.6 Å². The van der Waals surface area contributed by atoms with E-state index in [-0.39, 0.29) is 17.3 Å². The Morgan fingerprint density at radius 2 is 2.35 bits per heavy atom. The van der Waals surface area contributed by atoms with Crippen LogP contribution in [0.25, 0.3) is 0 Å². The molecule has 7 heteroatoms. The Balaban J connectivity index is 1.70. The van der Waals surface area contributed by atoms with Crippen LogP contribution < -0.4 is 20.1 Å². The number of hydrogen-bond donors (Lipinski definition) is 2. The molecule has 0 aromatic heterocycles.